The molecule has 3 rings (SSSR count). The van der Waals surface area contributed by atoms with Crippen LogP contribution in [0.25, 0.3) is 0 Å². The fourth-order valence-corrected chi connectivity index (χ4v) is 1.91. The minimum Gasteiger partial charge on any atom is -0.497 e. The van der Waals surface area contributed by atoms with Crippen LogP contribution in [0.1, 0.15) is 30.1 Å². The lowest BCUT2D eigenvalue weighted by atomic mass is 10.3. The van der Waals surface area contributed by atoms with Crippen molar-refractivity contribution in [3.63, 3.8) is 0 Å². The molecule has 5 heteroatoms. The normalized spacial score (nSPS) is 14.1. The SMILES string of the molecule is COc1ccc(Oc2nc(C3CC3)nc(N)c2C)cc1. The van der Waals surface area contributed by atoms with E-state index in [0.717, 1.165) is 30.0 Å². The first-order valence-electron chi connectivity index (χ1n) is 6.63. The summed E-state index contributed by atoms with van der Waals surface area (Å²) in [6.07, 6.45) is 2.26. The van der Waals surface area contributed by atoms with Crippen molar-refractivity contribution in [3.8, 4) is 17.4 Å². The van der Waals surface area contributed by atoms with E-state index >= 15 is 0 Å². The smallest absolute Gasteiger partial charge is 0.227 e. The summed E-state index contributed by atoms with van der Waals surface area (Å²) >= 11 is 0. The van der Waals surface area contributed by atoms with E-state index in [1.54, 1.807) is 7.11 Å². The van der Waals surface area contributed by atoms with Gasteiger partial charge in [-0.25, -0.2) is 4.98 Å². The Bertz CT molecular complexity index is 622. The summed E-state index contributed by atoms with van der Waals surface area (Å²) in [5.41, 5.74) is 6.70. The van der Waals surface area contributed by atoms with Gasteiger partial charge in [0.05, 0.1) is 12.7 Å². The number of nitrogens with zero attached hydrogens (tertiary/aromatic N) is 2. The number of benzene rings is 1. The fraction of sp³-hybridized carbons (Fsp3) is 0.333. The lowest BCUT2D eigenvalue weighted by Crippen LogP contribution is -2.04. The van der Waals surface area contributed by atoms with Crippen LogP contribution in [0.2, 0.25) is 0 Å². The molecular weight excluding hydrogens is 254 g/mol. The third kappa shape index (κ3) is 2.52. The number of hydrogen-bond acceptors (Lipinski definition) is 5. The Hall–Kier alpha value is -2.30. The molecule has 1 heterocycles. The highest BCUT2D eigenvalue weighted by atomic mass is 16.5. The number of ether oxygens (including phenoxy) is 2. The van der Waals surface area contributed by atoms with E-state index in [2.05, 4.69) is 9.97 Å². The van der Waals surface area contributed by atoms with Crippen LogP contribution in [0.4, 0.5) is 5.82 Å². The number of methoxy groups -OCH3 is 1. The molecule has 104 valence electrons. The highest BCUT2D eigenvalue weighted by Crippen LogP contribution is 2.40. The maximum atomic E-state index is 5.94. The van der Waals surface area contributed by atoms with Gasteiger partial charge in [-0.2, -0.15) is 4.98 Å². The first kappa shape index (κ1) is 12.7. The molecule has 1 saturated carbocycles. The average Bonchev–Trinajstić information content (AvgIpc) is 3.29. The zero-order valence-corrected chi connectivity index (χ0v) is 11.6. The largest absolute Gasteiger partial charge is 0.497 e. The highest BCUT2D eigenvalue weighted by Gasteiger charge is 2.28. The molecule has 1 aliphatic carbocycles. The summed E-state index contributed by atoms with van der Waals surface area (Å²) in [6, 6.07) is 7.37. The summed E-state index contributed by atoms with van der Waals surface area (Å²) in [7, 11) is 1.63. The van der Waals surface area contributed by atoms with Crippen molar-refractivity contribution >= 4 is 5.82 Å². The Kier molecular flexibility index (Phi) is 3.18. The monoisotopic (exact) mass is 271 g/mol. The van der Waals surface area contributed by atoms with Gasteiger partial charge in [-0.3, -0.25) is 0 Å². The molecule has 2 N–H and O–H groups in total. The third-order valence-corrected chi connectivity index (χ3v) is 3.37. The van der Waals surface area contributed by atoms with Crippen molar-refractivity contribution in [1.82, 2.24) is 9.97 Å². The third-order valence-electron chi connectivity index (χ3n) is 3.37. The molecule has 20 heavy (non-hydrogen) atoms. The molecule has 1 fully saturated rings. The van der Waals surface area contributed by atoms with Crippen molar-refractivity contribution in [2.45, 2.75) is 25.7 Å². The molecule has 0 atom stereocenters. The van der Waals surface area contributed by atoms with Gasteiger partial charge in [0, 0.05) is 5.92 Å². The molecule has 1 aromatic carbocycles. The average molecular weight is 271 g/mol. The molecule has 2 aromatic rings. The van der Waals surface area contributed by atoms with Crippen molar-refractivity contribution in [2.75, 3.05) is 12.8 Å². The van der Waals surface area contributed by atoms with Crippen LogP contribution in [-0.4, -0.2) is 17.1 Å². The van der Waals surface area contributed by atoms with E-state index in [1.807, 2.05) is 31.2 Å². The first-order valence-corrected chi connectivity index (χ1v) is 6.63. The lowest BCUT2D eigenvalue weighted by Gasteiger charge is -2.11. The number of nitrogens with two attached hydrogens (primary N) is 1. The molecule has 1 aromatic heterocycles. The molecule has 5 nitrogen and oxygen atoms in total. The molecule has 0 aliphatic heterocycles. The number of aromatic nitrogens is 2. The van der Waals surface area contributed by atoms with E-state index in [-0.39, 0.29) is 0 Å². The Balaban J connectivity index is 1.88. The summed E-state index contributed by atoms with van der Waals surface area (Å²) in [5.74, 6) is 3.74. The zero-order chi connectivity index (χ0) is 14.1. The quantitative estimate of drug-likeness (QED) is 0.925. The Morgan fingerprint density at radius 3 is 2.35 bits per heavy atom. The molecule has 0 spiro atoms. The Morgan fingerprint density at radius 1 is 1.10 bits per heavy atom. The number of rotatable bonds is 4. The second kappa shape index (κ2) is 5.00. The van der Waals surface area contributed by atoms with Gasteiger partial charge in [-0.15, -0.1) is 0 Å². The molecule has 0 saturated heterocycles. The van der Waals surface area contributed by atoms with Crippen molar-refractivity contribution in [2.24, 2.45) is 0 Å². The van der Waals surface area contributed by atoms with Gasteiger partial charge in [0.2, 0.25) is 5.88 Å². The van der Waals surface area contributed by atoms with Crippen LogP contribution >= 0.6 is 0 Å². The second-order valence-electron chi connectivity index (χ2n) is 4.95. The summed E-state index contributed by atoms with van der Waals surface area (Å²) in [4.78, 5) is 8.82. The van der Waals surface area contributed by atoms with Crippen LogP contribution in [0.5, 0.6) is 17.4 Å². The van der Waals surface area contributed by atoms with Crippen LogP contribution in [0.15, 0.2) is 24.3 Å². The van der Waals surface area contributed by atoms with Gasteiger partial charge < -0.3 is 15.2 Å². The predicted octanol–water partition coefficient (Wildman–Crippen LogP) is 3.05. The van der Waals surface area contributed by atoms with E-state index in [4.69, 9.17) is 15.2 Å². The van der Waals surface area contributed by atoms with Gasteiger partial charge in [0.1, 0.15) is 23.1 Å². The minimum atomic E-state index is 0.441. The highest BCUT2D eigenvalue weighted by molar-refractivity contribution is 5.46. The summed E-state index contributed by atoms with van der Waals surface area (Å²) in [6.45, 7) is 1.87. The number of anilines is 1. The van der Waals surface area contributed by atoms with Gasteiger partial charge in [-0.05, 0) is 44.0 Å². The van der Waals surface area contributed by atoms with E-state index in [9.17, 15) is 0 Å². The summed E-state index contributed by atoms with van der Waals surface area (Å²) < 4.78 is 10.9. The van der Waals surface area contributed by atoms with Crippen LogP contribution in [0.3, 0.4) is 0 Å². The maximum Gasteiger partial charge on any atom is 0.227 e. The molecule has 0 bridgehead atoms. The van der Waals surface area contributed by atoms with Crippen molar-refractivity contribution < 1.29 is 9.47 Å². The lowest BCUT2D eigenvalue weighted by molar-refractivity contribution is 0.411. The molecule has 1 aliphatic rings. The van der Waals surface area contributed by atoms with Crippen LogP contribution in [0, 0.1) is 6.92 Å². The van der Waals surface area contributed by atoms with Crippen molar-refractivity contribution in [1.29, 1.82) is 0 Å². The fourth-order valence-electron chi connectivity index (χ4n) is 1.91. The Morgan fingerprint density at radius 2 is 1.75 bits per heavy atom. The molecule has 0 unspecified atom stereocenters. The van der Waals surface area contributed by atoms with E-state index in [0.29, 0.717) is 23.4 Å². The maximum absolute atomic E-state index is 5.94. The number of nitrogen functional groups attached to an aromatic ring is 1. The topological polar surface area (TPSA) is 70.3 Å². The van der Waals surface area contributed by atoms with E-state index in [1.165, 1.54) is 0 Å². The number of hydrogen-bond donors (Lipinski definition) is 1. The van der Waals surface area contributed by atoms with Gasteiger partial charge >= 0.3 is 0 Å². The van der Waals surface area contributed by atoms with Gasteiger partial charge in [0.25, 0.3) is 0 Å². The second-order valence-corrected chi connectivity index (χ2v) is 4.95. The van der Waals surface area contributed by atoms with Gasteiger partial charge in [0.15, 0.2) is 0 Å². The standard InChI is InChI=1S/C15H17N3O2/c1-9-13(16)17-14(10-3-4-10)18-15(9)20-12-7-5-11(19-2)6-8-12/h5-8,10H,3-4H2,1-2H3,(H2,16,17,18). The van der Waals surface area contributed by atoms with Crippen molar-refractivity contribution in [3.05, 3.63) is 35.7 Å². The Labute approximate surface area is 117 Å². The van der Waals surface area contributed by atoms with E-state index < -0.39 is 0 Å². The summed E-state index contributed by atoms with van der Waals surface area (Å²) in [5, 5.41) is 0. The minimum absolute atomic E-state index is 0.441. The molecular formula is C15H17N3O2. The predicted molar refractivity (Wildman–Crippen MR) is 76.2 cm³/mol. The van der Waals surface area contributed by atoms with Crippen LogP contribution in [-0.2, 0) is 0 Å². The van der Waals surface area contributed by atoms with Crippen LogP contribution < -0.4 is 15.2 Å². The van der Waals surface area contributed by atoms with Gasteiger partial charge in [-0.1, -0.05) is 0 Å². The first-order chi connectivity index (χ1) is 9.67. The molecule has 0 radical (unpaired) electrons. The zero-order valence-electron chi connectivity index (χ0n) is 11.6. The molecule has 0 amide bonds.